The van der Waals surface area contributed by atoms with Crippen LogP contribution in [0.3, 0.4) is 0 Å². The molecule has 0 radical (unpaired) electrons. The molecule has 0 aliphatic heterocycles. The Morgan fingerprint density at radius 2 is 1.89 bits per heavy atom. The van der Waals surface area contributed by atoms with Gasteiger partial charge in [-0.15, -0.1) is 10.2 Å². The Bertz CT molecular complexity index is 1150. The summed E-state index contributed by atoms with van der Waals surface area (Å²) in [7, 11) is 3.12. The van der Waals surface area contributed by atoms with Crippen molar-refractivity contribution in [2.24, 2.45) is 0 Å². The van der Waals surface area contributed by atoms with Crippen molar-refractivity contribution in [2.75, 3.05) is 25.3 Å². The van der Waals surface area contributed by atoms with Crippen molar-refractivity contribution in [3.8, 4) is 11.5 Å². The van der Waals surface area contributed by atoms with E-state index in [-0.39, 0.29) is 11.7 Å². The molecule has 0 unspecified atom stereocenters. The van der Waals surface area contributed by atoms with Crippen molar-refractivity contribution in [2.45, 2.75) is 11.9 Å². The monoisotopic (exact) mass is 398 g/mol. The van der Waals surface area contributed by atoms with E-state index in [1.165, 1.54) is 11.8 Å². The molecule has 3 heterocycles. The molecule has 0 saturated heterocycles. The van der Waals surface area contributed by atoms with Gasteiger partial charge in [0.25, 0.3) is 0 Å². The molecule has 8 nitrogen and oxygen atoms in total. The summed E-state index contributed by atoms with van der Waals surface area (Å²) in [4.78, 5) is 12.4. The van der Waals surface area contributed by atoms with Crippen LogP contribution in [0.5, 0.6) is 11.5 Å². The second kappa shape index (κ2) is 7.43. The first kappa shape index (κ1) is 18.2. The lowest BCUT2D eigenvalue weighted by atomic mass is 10.2. The molecule has 0 bridgehead atoms. The third kappa shape index (κ3) is 3.48. The SMILES string of the molecule is COc1cc(NC(=O)CSc2nncn3c2cc2oc(C)cc23)cc(OC)c1. The minimum atomic E-state index is -0.171. The summed E-state index contributed by atoms with van der Waals surface area (Å²) in [5.41, 5.74) is 3.14. The van der Waals surface area contributed by atoms with Gasteiger partial charge in [-0.3, -0.25) is 9.20 Å². The number of ether oxygens (including phenoxy) is 2. The molecule has 0 spiro atoms. The van der Waals surface area contributed by atoms with E-state index in [1.807, 2.05) is 23.5 Å². The Labute approximate surface area is 164 Å². The van der Waals surface area contributed by atoms with Gasteiger partial charge in [0.05, 0.1) is 31.0 Å². The molecule has 4 rings (SSSR count). The summed E-state index contributed by atoms with van der Waals surface area (Å²) in [5, 5.41) is 11.7. The molecule has 0 atom stereocenters. The number of methoxy groups -OCH3 is 2. The fourth-order valence-corrected chi connectivity index (χ4v) is 3.67. The van der Waals surface area contributed by atoms with Crippen LogP contribution >= 0.6 is 11.8 Å². The maximum atomic E-state index is 12.4. The average molecular weight is 398 g/mol. The van der Waals surface area contributed by atoms with E-state index in [9.17, 15) is 4.79 Å². The van der Waals surface area contributed by atoms with Crippen molar-refractivity contribution in [1.29, 1.82) is 0 Å². The highest BCUT2D eigenvalue weighted by Gasteiger charge is 2.14. The van der Waals surface area contributed by atoms with Gasteiger partial charge in [-0.1, -0.05) is 11.8 Å². The summed E-state index contributed by atoms with van der Waals surface area (Å²) in [6, 6.07) is 9.06. The van der Waals surface area contributed by atoms with E-state index in [2.05, 4.69) is 15.5 Å². The Balaban J connectivity index is 1.50. The molecule has 0 saturated carbocycles. The van der Waals surface area contributed by atoms with E-state index in [4.69, 9.17) is 13.9 Å². The van der Waals surface area contributed by atoms with E-state index in [1.54, 1.807) is 38.7 Å². The molecule has 0 aliphatic rings. The summed E-state index contributed by atoms with van der Waals surface area (Å²) < 4.78 is 18.0. The molecule has 144 valence electrons. The predicted molar refractivity (Wildman–Crippen MR) is 106 cm³/mol. The zero-order chi connectivity index (χ0) is 19.7. The third-order valence-electron chi connectivity index (χ3n) is 4.16. The van der Waals surface area contributed by atoms with Gasteiger partial charge in [-0.2, -0.15) is 0 Å². The highest BCUT2D eigenvalue weighted by molar-refractivity contribution is 8.00. The number of carbonyl (C=O) groups excluding carboxylic acids is 1. The molecule has 4 aromatic rings. The lowest BCUT2D eigenvalue weighted by Crippen LogP contribution is -2.14. The second-order valence-corrected chi connectivity index (χ2v) is 7.04. The molecule has 0 fully saturated rings. The number of hydrogen-bond donors (Lipinski definition) is 1. The maximum Gasteiger partial charge on any atom is 0.234 e. The van der Waals surface area contributed by atoms with Crippen LogP contribution in [0.1, 0.15) is 5.76 Å². The van der Waals surface area contributed by atoms with Gasteiger partial charge in [0, 0.05) is 36.0 Å². The molecule has 1 aromatic carbocycles. The quantitative estimate of drug-likeness (QED) is 0.497. The van der Waals surface area contributed by atoms with Gasteiger partial charge in [0.15, 0.2) is 5.58 Å². The minimum absolute atomic E-state index is 0.171. The number of benzene rings is 1. The lowest BCUT2D eigenvalue weighted by molar-refractivity contribution is -0.113. The number of carbonyl (C=O) groups is 1. The van der Waals surface area contributed by atoms with E-state index in [0.717, 1.165) is 22.4 Å². The molecule has 9 heteroatoms. The molecule has 3 aromatic heterocycles. The first-order valence-corrected chi connectivity index (χ1v) is 9.44. The van der Waals surface area contributed by atoms with Crippen LogP contribution in [-0.4, -0.2) is 40.5 Å². The minimum Gasteiger partial charge on any atom is -0.497 e. The van der Waals surface area contributed by atoms with Crippen molar-refractivity contribution in [3.63, 3.8) is 0 Å². The van der Waals surface area contributed by atoms with Gasteiger partial charge in [0.1, 0.15) is 28.6 Å². The fraction of sp³-hybridized carbons (Fsp3) is 0.211. The zero-order valence-electron chi connectivity index (χ0n) is 15.6. The number of thioether (sulfide) groups is 1. The number of hydrogen-bond acceptors (Lipinski definition) is 7. The molecule has 1 amide bonds. The van der Waals surface area contributed by atoms with Crippen molar-refractivity contribution in [3.05, 3.63) is 42.4 Å². The summed E-state index contributed by atoms with van der Waals surface area (Å²) >= 11 is 1.31. The first-order chi connectivity index (χ1) is 13.6. The zero-order valence-corrected chi connectivity index (χ0v) is 16.4. The van der Waals surface area contributed by atoms with Crippen molar-refractivity contribution >= 4 is 40.0 Å². The average Bonchev–Trinajstić information content (AvgIpc) is 3.22. The smallest absolute Gasteiger partial charge is 0.234 e. The van der Waals surface area contributed by atoms with Crippen LogP contribution in [0, 0.1) is 6.92 Å². The van der Waals surface area contributed by atoms with Crippen LogP contribution < -0.4 is 14.8 Å². The van der Waals surface area contributed by atoms with Crippen LogP contribution in [0.2, 0.25) is 0 Å². The highest BCUT2D eigenvalue weighted by atomic mass is 32.2. The van der Waals surface area contributed by atoms with Crippen LogP contribution in [0.25, 0.3) is 16.6 Å². The van der Waals surface area contributed by atoms with Crippen LogP contribution in [-0.2, 0) is 4.79 Å². The van der Waals surface area contributed by atoms with Crippen LogP contribution in [0.15, 0.2) is 46.1 Å². The van der Waals surface area contributed by atoms with Gasteiger partial charge >= 0.3 is 0 Å². The van der Waals surface area contributed by atoms with Gasteiger partial charge in [-0.05, 0) is 6.92 Å². The predicted octanol–water partition coefficient (Wildman–Crippen LogP) is 3.53. The summed E-state index contributed by atoms with van der Waals surface area (Å²) in [6.07, 6.45) is 1.64. The number of rotatable bonds is 6. The number of fused-ring (bicyclic) bond motifs is 3. The second-order valence-electron chi connectivity index (χ2n) is 6.08. The molecule has 1 N–H and O–H groups in total. The molecular formula is C19H18N4O4S. The molecule has 28 heavy (non-hydrogen) atoms. The number of nitrogens with one attached hydrogen (secondary N) is 1. The fourth-order valence-electron chi connectivity index (χ4n) is 2.92. The Hall–Kier alpha value is -3.20. The topological polar surface area (TPSA) is 90.9 Å². The number of aryl methyl sites for hydroxylation is 1. The highest BCUT2D eigenvalue weighted by Crippen LogP contribution is 2.29. The standard InChI is InChI=1S/C19H18N4O4S/c1-11-4-15-17(27-11)8-16-19(22-20-10-23(15)16)28-9-18(24)21-12-5-13(25-2)7-14(6-12)26-3/h4-8,10H,9H2,1-3H3,(H,21,24). The largest absolute Gasteiger partial charge is 0.497 e. The third-order valence-corrected chi connectivity index (χ3v) is 5.13. The summed E-state index contributed by atoms with van der Waals surface area (Å²) in [6.45, 7) is 1.90. The summed E-state index contributed by atoms with van der Waals surface area (Å²) in [5.74, 6) is 2.04. The molecule has 0 aliphatic carbocycles. The number of furan rings is 1. The van der Waals surface area contributed by atoms with Gasteiger partial charge in [0.2, 0.25) is 5.91 Å². The van der Waals surface area contributed by atoms with Gasteiger partial charge < -0.3 is 19.2 Å². The van der Waals surface area contributed by atoms with E-state index < -0.39 is 0 Å². The first-order valence-electron chi connectivity index (χ1n) is 8.46. The Kier molecular flexibility index (Phi) is 4.82. The Morgan fingerprint density at radius 3 is 2.61 bits per heavy atom. The maximum absolute atomic E-state index is 12.4. The van der Waals surface area contributed by atoms with Crippen LogP contribution in [0.4, 0.5) is 5.69 Å². The van der Waals surface area contributed by atoms with E-state index >= 15 is 0 Å². The van der Waals surface area contributed by atoms with Crippen molar-refractivity contribution in [1.82, 2.24) is 14.6 Å². The van der Waals surface area contributed by atoms with E-state index in [0.29, 0.717) is 22.2 Å². The Morgan fingerprint density at radius 1 is 1.14 bits per heavy atom. The number of anilines is 1. The van der Waals surface area contributed by atoms with Gasteiger partial charge in [-0.25, -0.2) is 0 Å². The number of amides is 1. The number of aromatic nitrogens is 3. The molecular weight excluding hydrogens is 380 g/mol. The van der Waals surface area contributed by atoms with Crippen molar-refractivity contribution < 1.29 is 18.7 Å². The lowest BCUT2D eigenvalue weighted by Gasteiger charge is -2.09. The number of nitrogens with zero attached hydrogens (tertiary/aromatic N) is 3. The normalized spacial score (nSPS) is 11.1.